The van der Waals surface area contributed by atoms with Crippen molar-refractivity contribution in [3.63, 3.8) is 0 Å². The van der Waals surface area contributed by atoms with Crippen molar-refractivity contribution < 1.29 is 9.47 Å². The second-order valence-electron chi connectivity index (χ2n) is 6.85. The van der Waals surface area contributed by atoms with Crippen LogP contribution in [0.25, 0.3) is 0 Å². The smallest absolute Gasteiger partial charge is 0.215 e. The van der Waals surface area contributed by atoms with Gasteiger partial charge in [-0.3, -0.25) is 0 Å². The normalized spacial score (nSPS) is 18.4. The molecule has 0 bridgehead atoms. The maximum atomic E-state index is 6.13. The SMILES string of the molecule is CC(C)Oc1cc(N2CC[C@@H](Oc3ccc([C@H](C)N)cc3)C2)ccn1. The van der Waals surface area contributed by atoms with Gasteiger partial charge in [0.15, 0.2) is 0 Å². The van der Waals surface area contributed by atoms with Crippen LogP contribution in [-0.2, 0) is 0 Å². The van der Waals surface area contributed by atoms with Gasteiger partial charge in [0.25, 0.3) is 0 Å². The summed E-state index contributed by atoms with van der Waals surface area (Å²) >= 11 is 0. The third-order valence-electron chi connectivity index (χ3n) is 4.29. The molecule has 2 N–H and O–H groups in total. The van der Waals surface area contributed by atoms with Crippen molar-refractivity contribution in [2.75, 3.05) is 18.0 Å². The number of benzene rings is 1. The Hall–Kier alpha value is -2.27. The maximum absolute atomic E-state index is 6.13. The molecule has 5 nitrogen and oxygen atoms in total. The fraction of sp³-hybridized carbons (Fsp3) is 0.450. The topological polar surface area (TPSA) is 60.6 Å². The predicted octanol–water partition coefficient (Wildman–Crippen LogP) is 3.55. The second-order valence-corrected chi connectivity index (χ2v) is 6.85. The van der Waals surface area contributed by atoms with Crippen molar-refractivity contribution >= 4 is 5.69 Å². The van der Waals surface area contributed by atoms with E-state index in [1.807, 2.05) is 57.2 Å². The Bertz CT molecular complexity index is 686. The molecule has 2 atom stereocenters. The summed E-state index contributed by atoms with van der Waals surface area (Å²) in [6.45, 7) is 7.82. The van der Waals surface area contributed by atoms with Gasteiger partial charge in [0.05, 0.1) is 12.6 Å². The minimum Gasteiger partial charge on any atom is -0.489 e. The molecule has 1 aliphatic rings. The average molecular weight is 341 g/mol. The van der Waals surface area contributed by atoms with E-state index in [2.05, 4.69) is 9.88 Å². The zero-order chi connectivity index (χ0) is 17.8. The highest BCUT2D eigenvalue weighted by molar-refractivity contribution is 5.49. The summed E-state index contributed by atoms with van der Waals surface area (Å²) in [6.07, 6.45) is 3.10. The maximum Gasteiger partial charge on any atom is 0.215 e. The van der Waals surface area contributed by atoms with E-state index in [0.29, 0.717) is 5.88 Å². The van der Waals surface area contributed by atoms with Gasteiger partial charge in [-0.05, 0) is 44.5 Å². The highest BCUT2D eigenvalue weighted by Gasteiger charge is 2.24. The number of hydrogen-bond donors (Lipinski definition) is 1. The van der Waals surface area contributed by atoms with E-state index in [1.165, 1.54) is 0 Å². The highest BCUT2D eigenvalue weighted by atomic mass is 16.5. The van der Waals surface area contributed by atoms with Crippen molar-refractivity contribution in [2.24, 2.45) is 5.73 Å². The van der Waals surface area contributed by atoms with Crippen LogP contribution in [0.3, 0.4) is 0 Å². The average Bonchev–Trinajstić information content (AvgIpc) is 3.03. The molecule has 2 heterocycles. The first-order valence-corrected chi connectivity index (χ1v) is 8.91. The van der Waals surface area contributed by atoms with Gasteiger partial charge in [0, 0.05) is 37.0 Å². The van der Waals surface area contributed by atoms with E-state index in [9.17, 15) is 0 Å². The molecule has 0 spiro atoms. The van der Waals surface area contributed by atoms with Crippen LogP contribution in [0.15, 0.2) is 42.6 Å². The minimum absolute atomic E-state index is 0.0463. The first kappa shape index (κ1) is 17.5. The number of aromatic nitrogens is 1. The lowest BCUT2D eigenvalue weighted by molar-refractivity contribution is 0.224. The summed E-state index contributed by atoms with van der Waals surface area (Å²) < 4.78 is 11.8. The summed E-state index contributed by atoms with van der Waals surface area (Å²) in [4.78, 5) is 6.59. The van der Waals surface area contributed by atoms with Crippen LogP contribution in [0, 0.1) is 0 Å². The molecular weight excluding hydrogens is 314 g/mol. The third-order valence-corrected chi connectivity index (χ3v) is 4.29. The molecule has 1 aromatic carbocycles. The largest absolute Gasteiger partial charge is 0.489 e. The highest BCUT2D eigenvalue weighted by Crippen LogP contribution is 2.26. The van der Waals surface area contributed by atoms with Crippen LogP contribution in [-0.4, -0.2) is 30.3 Å². The van der Waals surface area contributed by atoms with Crippen molar-refractivity contribution in [3.8, 4) is 11.6 Å². The van der Waals surface area contributed by atoms with Crippen LogP contribution in [0.5, 0.6) is 11.6 Å². The van der Waals surface area contributed by atoms with Gasteiger partial charge >= 0.3 is 0 Å². The molecule has 2 aromatic rings. The summed E-state index contributed by atoms with van der Waals surface area (Å²) in [5.74, 6) is 1.57. The molecule has 0 unspecified atom stereocenters. The van der Waals surface area contributed by atoms with Crippen molar-refractivity contribution in [1.82, 2.24) is 4.98 Å². The Balaban J connectivity index is 1.60. The zero-order valence-electron chi connectivity index (χ0n) is 15.2. The molecule has 3 rings (SSSR count). The van der Waals surface area contributed by atoms with E-state index in [-0.39, 0.29) is 18.2 Å². The molecule has 5 heteroatoms. The van der Waals surface area contributed by atoms with Gasteiger partial charge in [0.1, 0.15) is 11.9 Å². The summed E-state index contributed by atoms with van der Waals surface area (Å²) in [5.41, 5.74) is 8.14. The molecule has 0 radical (unpaired) electrons. The third kappa shape index (κ3) is 4.63. The van der Waals surface area contributed by atoms with Crippen LogP contribution < -0.4 is 20.1 Å². The predicted molar refractivity (Wildman–Crippen MR) is 100 cm³/mol. The van der Waals surface area contributed by atoms with Crippen molar-refractivity contribution in [1.29, 1.82) is 0 Å². The zero-order valence-corrected chi connectivity index (χ0v) is 15.2. The van der Waals surface area contributed by atoms with Crippen molar-refractivity contribution in [2.45, 2.75) is 45.4 Å². The van der Waals surface area contributed by atoms with E-state index in [0.717, 1.165) is 36.5 Å². The van der Waals surface area contributed by atoms with Crippen molar-refractivity contribution in [3.05, 3.63) is 48.2 Å². The molecule has 1 saturated heterocycles. The Morgan fingerprint density at radius 2 is 1.92 bits per heavy atom. The van der Waals surface area contributed by atoms with Gasteiger partial charge in [-0.1, -0.05) is 12.1 Å². The summed E-state index contributed by atoms with van der Waals surface area (Å²) in [7, 11) is 0. The first-order chi connectivity index (χ1) is 12.0. The quantitative estimate of drug-likeness (QED) is 0.871. The Morgan fingerprint density at radius 1 is 1.16 bits per heavy atom. The Labute approximate surface area is 149 Å². The van der Waals surface area contributed by atoms with Gasteiger partial charge < -0.3 is 20.1 Å². The fourth-order valence-electron chi connectivity index (χ4n) is 3.00. The van der Waals surface area contributed by atoms with Gasteiger partial charge in [-0.25, -0.2) is 4.98 Å². The molecule has 0 aliphatic carbocycles. The Kier molecular flexibility index (Phi) is 5.43. The number of hydrogen-bond acceptors (Lipinski definition) is 5. The van der Waals surface area contributed by atoms with Crippen LogP contribution >= 0.6 is 0 Å². The van der Waals surface area contributed by atoms with E-state index < -0.39 is 0 Å². The molecule has 1 fully saturated rings. The number of ether oxygens (including phenoxy) is 2. The van der Waals surface area contributed by atoms with Crippen LogP contribution in [0.2, 0.25) is 0 Å². The van der Waals surface area contributed by atoms with E-state index in [1.54, 1.807) is 6.20 Å². The number of rotatable bonds is 6. The van der Waals surface area contributed by atoms with Gasteiger partial charge in [0.2, 0.25) is 5.88 Å². The molecular formula is C20H27N3O2. The van der Waals surface area contributed by atoms with Crippen LogP contribution in [0.1, 0.15) is 38.8 Å². The number of nitrogens with two attached hydrogens (primary N) is 1. The molecule has 25 heavy (non-hydrogen) atoms. The van der Waals surface area contributed by atoms with Gasteiger partial charge in [-0.2, -0.15) is 0 Å². The summed E-state index contributed by atoms with van der Waals surface area (Å²) in [5, 5.41) is 0. The second kappa shape index (κ2) is 7.74. The van der Waals surface area contributed by atoms with Crippen LogP contribution in [0.4, 0.5) is 5.69 Å². The summed E-state index contributed by atoms with van der Waals surface area (Å²) in [6, 6.07) is 12.1. The monoisotopic (exact) mass is 341 g/mol. The fourth-order valence-corrected chi connectivity index (χ4v) is 3.00. The van der Waals surface area contributed by atoms with E-state index in [4.69, 9.17) is 15.2 Å². The lowest BCUT2D eigenvalue weighted by atomic mass is 10.1. The molecule has 134 valence electrons. The molecule has 0 saturated carbocycles. The lowest BCUT2D eigenvalue weighted by Crippen LogP contribution is -2.24. The number of nitrogens with zero attached hydrogens (tertiary/aromatic N) is 2. The molecule has 0 amide bonds. The number of pyridine rings is 1. The first-order valence-electron chi connectivity index (χ1n) is 8.91. The minimum atomic E-state index is 0.0463. The Morgan fingerprint density at radius 3 is 2.60 bits per heavy atom. The molecule has 1 aromatic heterocycles. The number of anilines is 1. The standard InChI is InChI=1S/C20H27N3O2/c1-14(2)24-20-12-17(8-10-22-20)23-11-9-19(13-23)25-18-6-4-16(5-7-18)15(3)21/h4-8,10,12,14-15,19H,9,11,13,21H2,1-3H3/t15-,19+/m0/s1. The van der Waals surface area contributed by atoms with E-state index >= 15 is 0 Å². The van der Waals surface area contributed by atoms with Gasteiger partial charge in [-0.15, -0.1) is 0 Å². The molecule has 1 aliphatic heterocycles. The lowest BCUT2D eigenvalue weighted by Gasteiger charge is -2.20.